The highest BCUT2D eigenvalue weighted by molar-refractivity contribution is 5.36. The molecule has 1 aliphatic rings. The van der Waals surface area contributed by atoms with E-state index in [1.165, 1.54) is 12.1 Å². The van der Waals surface area contributed by atoms with Gasteiger partial charge in [0.2, 0.25) is 5.88 Å². The van der Waals surface area contributed by atoms with Crippen molar-refractivity contribution in [3.63, 3.8) is 0 Å². The normalized spacial score (nSPS) is 14.7. The molecule has 3 rings (SSSR count). The smallest absolute Gasteiger partial charge is 0.213 e. The Morgan fingerprint density at radius 3 is 2.80 bits per heavy atom. The van der Waals surface area contributed by atoms with Crippen LogP contribution in [0.25, 0.3) is 0 Å². The highest BCUT2D eigenvalue weighted by Gasteiger charge is 2.14. The van der Waals surface area contributed by atoms with Gasteiger partial charge in [0, 0.05) is 6.07 Å². The number of nitrogens with one attached hydrogen (secondary N) is 1. The third kappa shape index (κ3) is 4.91. The molecule has 1 aliphatic heterocycles. The molecule has 0 spiro atoms. The van der Waals surface area contributed by atoms with E-state index >= 15 is 0 Å². The van der Waals surface area contributed by atoms with E-state index in [2.05, 4.69) is 10.3 Å². The number of benzene rings is 1. The van der Waals surface area contributed by atoms with Crippen molar-refractivity contribution in [2.24, 2.45) is 5.92 Å². The Labute approximate surface area is 146 Å². The lowest BCUT2D eigenvalue weighted by Gasteiger charge is -2.22. The molecule has 1 N–H and O–H groups in total. The second kappa shape index (κ2) is 8.45. The number of hydrogen-bond donors (Lipinski definition) is 1. The number of nitrogens with zero attached hydrogens (tertiary/aromatic N) is 2. The van der Waals surface area contributed by atoms with Gasteiger partial charge in [0.25, 0.3) is 0 Å². The number of halogens is 1. The molecule has 1 aromatic heterocycles. The summed E-state index contributed by atoms with van der Waals surface area (Å²) in [5, 5.41) is 12.1. The van der Waals surface area contributed by atoms with E-state index in [1.807, 2.05) is 18.2 Å². The van der Waals surface area contributed by atoms with Crippen molar-refractivity contribution >= 4 is 0 Å². The average molecular weight is 341 g/mol. The molecule has 0 atom stereocenters. The summed E-state index contributed by atoms with van der Waals surface area (Å²) >= 11 is 0. The number of ether oxygens (including phenoxy) is 2. The topological polar surface area (TPSA) is 67.2 Å². The second-order valence-corrected chi connectivity index (χ2v) is 6.02. The van der Waals surface area contributed by atoms with Crippen LogP contribution < -0.4 is 14.8 Å². The van der Waals surface area contributed by atoms with E-state index < -0.39 is 5.82 Å². The molecule has 1 fully saturated rings. The Balaban J connectivity index is 1.55. The molecule has 130 valence electrons. The summed E-state index contributed by atoms with van der Waals surface area (Å²) in [6, 6.07) is 11.5. The first-order chi connectivity index (χ1) is 12.2. The third-order valence-electron chi connectivity index (χ3n) is 4.14. The van der Waals surface area contributed by atoms with Gasteiger partial charge in [-0.2, -0.15) is 5.26 Å². The SMILES string of the molecule is N#Cc1ccc(OCc2cccc(OCC3CCNCC3)n2)c(F)c1. The molecule has 0 amide bonds. The summed E-state index contributed by atoms with van der Waals surface area (Å²) in [6.45, 7) is 2.85. The first kappa shape index (κ1) is 17.2. The number of hydrogen-bond acceptors (Lipinski definition) is 5. The summed E-state index contributed by atoms with van der Waals surface area (Å²) in [5.41, 5.74) is 0.919. The maximum absolute atomic E-state index is 13.8. The van der Waals surface area contributed by atoms with E-state index in [9.17, 15) is 4.39 Å². The lowest BCUT2D eigenvalue weighted by molar-refractivity contribution is 0.207. The maximum atomic E-state index is 13.8. The van der Waals surface area contributed by atoms with Gasteiger partial charge in [0.15, 0.2) is 11.6 Å². The highest BCUT2D eigenvalue weighted by atomic mass is 19.1. The van der Waals surface area contributed by atoms with Gasteiger partial charge in [-0.25, -0.2) is 9.37 Å². The van der Waals surface area contributed by atoms with Crippen molar-refractivity contribution < 1.29 is 13.9 Å². The minimum atomic E-state index is -0.558. The predicted molar refractivity (Wildman–Crippen MR) is 90.8 cm³/mol. The molecule has 0 radical (unpaired) electrons. The van der Waals surface area contributed by atoms with Gasteiger partial charge in [-0.05, 0) is 56.1 Å². The van der Waals surface area contributed by atoms with Gasteiger partial charge in [-0.3, -0.25) is 0 Å². The Hall–Kier alpha value is -2.65. The first-order valence-corrected chi connectivity index (χ1v) is 8.36. The van der Waals surface area contributed by atoms with Crippen molar-refractivity contribution in [3.8, 4) is 17.7 Å². The van der Waals surface area contributed by atoms with E-state index in [0.29, 0.717) is 24.1 Å². The fourth-order valence-electron chi connectivity index (χ4n) is 2.71. The van der Waals surface area contributed by atoms with Crippen LogP contribution in [-0.4, -0.2) is 24.7 Å². The first-order valence-electron chi connectivity index (χ1n) is 8.36. The van der Waals surface area contributed by atoms with Gasteiger partial charge in [0.1, 0.15) is 6.61 Å². The van der Waals surface area contributed by atoms with Crippen molar-refractivity contribution in [2.45, 2.75) is 19.4 Å². The maximum Gasteiger partial charge on any atom is 0.213 e. The summed E-state index contributed by atoms with van der Waals surface area (Å²) < 4.78 is 25.1. The van der Waals surface area contributed by atoms with E-state index in [-0.39, 0.29) is 17.9 Å². The molecule has 0 unspecified atom stereocenters. The van der Waals surface area contributed by atoms with E-state index in [0.717, 1.165) is 32.0 Å². The Kier molecular flexibility index (Phi) is 5.81. The molecule has 2 aromatic rings. The molecule has 2 heterocycles. The van der Waals surface area contributed by atoms with Crippen LogP contribution in [0.4, 0.5) is 4.39 Å². The van der Waals surface area contributed by atoms with Crippen LogP contribution >= 0.6 is 0 Å². The largest absolute Gasteiger partial charge is 0.484 e. The zero-order valence-corrected chi connectivity index (χ0v) is 13.9. The van der Waals surface area contributed by atoms with Crippen LogP contribution in [0.1, 0.15) is 24.1 Å². The van der Waals surface area contributed by atoms with E-state index in [4.69, 9.17) is 14.7 Å². The van der Waals surface area contributed by atoms with Gasteiger partial charge in [-0.1, -0.05) is 6.07 Å². The quantitative estimate of drug-likeness (QED) is 0.875. The van der Waals surface area contributed by atoms with Crippen molar-refractivity contribution in [1.82, 2.24) is 10.3 Å². The molecule has 0 bridgehead atoms. The zero-order chi connectivity index (χ0) is 17.5. The Bertz CT molecular complexity index is 755. The Morgan fingerprint density at radius 2 is 2.04 bits per heavy atom. The monoisotopic (exact) mass is 341 g/mol. The third-order valence-corrected chi connectivity index (χ3v) is 4.14. The van der Waals surface area contributed by atoms with Crippen molar-refractivity contribution in [1.29, 1.82) is 5.26 Å². The lowest BCUT2D eigenvalue weighted by atomic mass is 9.99. The van der Waals surface area contributed by atoms with Crippen LogP contribution in [-0.2, 0) is 6.61 Å². The summed E-state index contributed by atoms with van der Waals surface area (Å²) in [5.74, 6) is 0.648. The minimum absolute atomic E-state index is 0.0989. The average Bonchev–Trinajstić information content (AvgIpc) is 2.66. The van der Waals surface area contributed by atoms with Gasteiger partial charge in [0.05, 0.1) is 23.9 Å². The molecule has 6 heteroatoms. The molecular formula is C19H20FN3O2. The zero-order valence-electron chi connectivity index (χ0n) is 13.9. The number of pyridine rings is 1. The molecule has 5 nitrogen and oxygen atoms in total. The molecule has 1 saturated heterocycles. The van der Waals surface area contributed by atoms with Gasteiger partial charge < -0.3 is 14.8 Å². The van der Waals surface area contributed by atoms with E-state index in [1.54, 1.807) is 6.07 Å². The molecular weight excluding hydrogens is 321 g/mol. The fraction of sp³-hybridized carbons (Fsp3) is 0.368. The molecule has 0 aliphatic carbocycles. The number of piperidine rings is 1. The van der Waals surface area contributed by atoms with Crippen LogP contribution in [0, 0.1) is 23.1 Å². The van der Waals surface area contributed by atoms with Gasteiger partial charge in [-0.15, -0.1) is 0 Å². The van der Waals surface area contributed by atoms with Gasteiger partial charge >= 0.3 is 0 Å². The summed E-state index contributed by atoms with van der Waals surface area (Å²) in [4.78, 5) is 4.40. The number of rotatable bonds is 6. The number of nitriles is 1. The Morgan fingerprint density at radius 1 is 1.20 bits per heavy atom. The van der Waals surface area contributed by atoms with Crippen LogP contribution in [0.15, 0.2) is 36.4 Å². The summed E-state index contributed by atoms with van der Waals surface area (Å²) in [7, 11) is 0. The second-order valence-electron chi connectivity index (χ2n) is 6.02. The lowest BCUT2D eigenvalue weighted by Crippen LogP contribution is -2.30. The molecule has 25 heavy (non-hydrogen) atoms. The number of aromatic nitrogens is 1. The molecule has 1 aromatic carbocycles. The highest BCUT2D eigenvalue weighted by Crippen LogP contribution is 2.20. The van der Waals surface area contributed by atoms with Crippen LogP contribution in [0.2, 0.25) is 0 Å². The van der Waals surface area contributed by atoms with Crippen LogP contribution in [0.3, 0.4) is 0 Å². The fourth-order valence-corrected chi connectivity index (χ4v) is 2.71. The van der Waals surface area contributed by atoms with Crippen LogP contribution in [0.5, 0.6) is 11.6 Å². The standard InChI is InChI=1S/C19H20FN3O2/c20-17-10-15(11-21)4-5-18(17)24-13-16-2-1-3-19(23-16)25-12-14-6-8-22-9-7-14/h1-5,10,14,22H,6-9,12-13H2. The van der Waals surface area contributed by atoms with Crippen molar-refractivity contribution in [3.05, 3.63) is 53.5 Å². The summed E-state index contributed by atoms with van der Waals surface area (Å²) in [6.07, 6.45) is 2.22. The molecule has 0 saturated carbocycles. The van der Waals surface area contributed by atoms with Crippen molar-refractivity contribution in [2.75, 3.05) is 19.7 Å². The minimum Gasteiger partial charge on any atom is -0.484 e. The predicted octanol–water partition coefficient (Wildman–Crippen LogP) is 3.05.